The quantitative estimate of drug-likeness (QED) is 0.374. The molecule has 0 aliphatic rings. The van der Waals surface area contributed by atoms with Crippen molar-refractivity contribution in [2.75, 3.05) is 0 Å². The molecule has 4 heteroatoms. The highest BCUT2D eigenvalue weighted by Crippen LogP contribution is 2.35. The third kappa shape index (κ3) is 1.32. The van der Waals surface area contributed by atoms with E-state index in [2.05, 4.69) is 0 Å². The van der Waals surface area contributed by atoms with E-state index in [-0.39, 0.29) is 5.71 Å². The van der Waals surface area contributed by atoms with E-state index in [1.807, 2.05) is 0 Å². The summed E-state index contributed by atoms with van der Waals surface area (Å²) in [5.41, 5.74) is 0.586. The van der Waals surface area contributed by atoms with E-state index in [0.717, 1.165) is 0 Å². The number of aromatic hydroxyl groups is 3. The lowest BCUT2D eigenvalue weighted by Gasteiger charge is -2.03. The molecule has 0 bridgehead atoms. The first kappa shape index (κ1) is 8.39. The smallest absolute Gasteiger partial charge is 0.200 e. The highest BCUT2D eigenvalue weighted by Gasteiger charge is 2.08. The van der Waals surface area contributed by atoms with Gasteiger partial charge in [-0.1, -0.05) is 0 Å². The van der Waals surface area contributed by atoms with Crippen molar-refractivity contribution < 1.29 is 15.3 Å². The number of nitrogens with one attached hydrogen (secondary N) is 1. The van der Waals surface area contributed by atoms with Gasteiger partial charge in [-0.2, -0.15) is 0 Å². The Kier molecular flexibility index (Phi) is 1.91. The molecule has 0 fully saturated rings. The van der Waals surface area contributed by atoms with Crippen molar-refractivity contribution in [3.05, 3.63) is 17.7 Å². The third-order valence-electron chi connectivity index (χ3n) is 1.50. The molecule has 0 unspecified atom stereocenters. The molecule has 0 saturated heterocycles. The molecule has 0 radical (unpaired) electrons. The molecule has 0 aliphatic heterocycles. The van der Waals surface area contributed by atoms with Crippen LogP contribution in [0.15, 0.2) is 12.1 Å². The summed E-state index contributed by atoms with van der Waals surface area (Å²) in [6.07, 6.45) is 0. The van der Waals surface area contributed by atoms with E-state index in [9.17, 15) is 0 Å². The SMILES string of the molecule is CC(=N)c1cc(O)c(O)c(O)c1. The number of hydrogen-bond acceptors (Lipinski definition) is 4. The van der Waals surface area contributed by atoms with Gasteiger partial charge in [0.05, 0.1) is 0 Å². The lowest BCUT2D eigenvalue weighted by Crippen LogP contribution is -1.90. The maximum Gasteiger partial charge on any atom is 0.200 e. The fourth-order valence-corrected chi connectivity index (χ4v) is 0.821. The van der Waals surface area contributed by atoms with Crippen molar-refractivity contribution in [3.8, 4) is 17.2 Å². The average Bonchev–Trinajstić information content (AvgIpc) is 1.99. The predicted octanol–water partition coefficient (Wildman–Crippen LogP) is 1.19. The first-order valence-corrected chi connectivity index (χ1v) is 3.33. The largest absolute Gasteiger partial charge is 0.504 e. The molecule has 0 spiro atoms. The molecule has 1 rings (SSSR count). The van der Waals surface area contributed by atoms with E-state index >= 15 is 0 Å². The van der Waals surface area contributed by atoms with Crippen LogP contribution >= 0.6 is 0 Å². The molecular weight excluding hydrogens is 158 g/mol. The van der Waals surface area contributed by atoms with Crippen LogP contribution in [0.1, 0.15) is 12.5 Å². The Hall–Kier alpha value is -1.71. The van der Waals surface area contributed by atoms with E-state index in [1.165, 1.54) is 19.1 Å². The summed E-state index contributed by atoms with van der Waals surface area (Å²) in [5, 5.41) is 34.2. The first-order chi connectivity index (χ1) is 5.52. The Labute approximate surface area is 69.2 Å². The van der Waals surface area contributed by atoms with Crippen LogP contribution in [-0.4, -0.2) is 21.0 Å². The van der Waals surface area contributed by atoms with Gasteiger partial charge < -0.3 is 20.7 Å². The second-order valence-corrected chi connectivity index (χ2v) is 2.49. The lowest BCUT2D eigenvalue weighted by atomic mass is 10.1. The van der Waals surface area contributed by atoms with Gasteiger partial charge in [0.15, 0.2) is 17.2 Å². The standard InChI is InChI=1S/C8H9NO3/c1-4(9)5-2-6(10)8(12)7(11)3-5/h2-3,9-12H,1H3. The van der Waals surface area contributed by atoms with Gasteiger partial charge in [0, 0.05) is 11.3 Å². The second-order valence-electron chi connectivity index (χ2n) is 2.49. The highest BCUT2D eigenvalue weighted by molar-refractivity contribution is 5.97. The summed E-state index contributed by atoms with van der Waals surface area (Å²) in [5.74, 6) is -1.40. The third-order valence-corrected chi connectivity index (χ3v) is 1.50. The first-order valence-electron chi connectivity index (χ1n) is 3.33. The Morgan fingerprint density at radius 1 is 1.17 bits per heavy atom. The van der Waals surface area contributed by atoms with Crippen LogP contribution in [0.2, 0.25) is 0 Å². The van der Waals surface area contributed by atoms with Crippen LogP contribution in [-0.2, 0) is 0 Å². The number of phenols is 3. The van der Waals surface area contributed by atoms with Gasteiger partial charge in [0.25, 0.3) is 0 Å². The molecule has 0 saturated carbocycles. The molecule has 0 atom stereocenters. The Balaban J connectivity index is 3.31. The van der Waals surface area contributed by atoms with Crippen molar-refractivity contribution in [2.24, 2.45) is 0 Å². The zero-order valence-electron chi connectivity index (χ0n) is 6.50. The molecule has 1 aromatic rings. The molecule has 4 nitrogen and oxygen atoms in total. The predicted molar refractivity (Wildman–Crippen MR) is 43.9 cm³/mol. The van der Waals surface area contributed by atoms with Gasteiger partial charge in [0.2, 0.25) is 0 Å². The monoisotopic (exact) mass is 167 g/mol. The van der Waals surface area contributed by atoms with Crippen LogP contribution in [0, 0.1) is 5.41 Å². The Bertz CT molecular complexity index is 310. The zero-order valence-corrected chi connectivity index (χ0v) is 6.50. The molecule has 0 amide bonds. The zero-order chi connectivity index (χ0) is 9.30. The molecular formula is C8H9NO3. The molecule has 0 aromatic heterocycles. The molecule has 4 N–H and O–H groups in total. The van der Waals surface area contributed by atoms with E-state index < -0.39 is 17.2 Å². The van der Waals surface area contributed by atoms with E-state index in [0.29, 0.717) is 5.56 Å². The lowest BCUT2D eigenvalue weighted by molar-refractivity contribution is 0.368. The normalized spacial score (nSPS) is 9.75. The summed E-state index contributed by atoms with van der Waals surface area (Å²) in [6, 6.07) is 2.44. The van der Waals surface area contributed by atoms with Gasteiger partial charge in [-0.25, -0.2) is 0 Å². The molecule has 1 aromatic carbocycles. The van der Waals surface area contributed by atoms with Gasteiger partial charge in [-0.05, 0) is 19.1 Å². The van der Waals surface area contributed by atoms with Crippen molar-refractivity contribution >= 4 is 5.71 Å². The molecule has 0 heterocycles. The molecule has 64 valence electrons. The summed E-state index contributed by atoms with van der Waals surface area (Å²) in [4.78, 5) is 0. The van der Waals surface area contributed by atoms with Gasteiger partial charge in [-0.3, -0.25) is 0 Å². The maximum absolute atomic E-state index is 9.02. The van der Waals surface area contributed by atoms with Crippen molar-refractivity contribution in [3.63, 3.8) is 0 Å². The number of rotatable bonds is 1. The van der Waals surface area contributed by atoms with Crippen LogP contribution in [0.4, 0.5) is 0 Å². The number of hydrogen-bond donors (Lipinski definition) is 4. The minimum absolute atomic E-state index is 0.209. The number of phenolic OH excluding ortho intramolecular Hbond substituents is 3. The average molecular weight is 167 g/mol. The van der Waals surface area contributed by atoms with Crippen LogP contribution < -0.4 is 0 Å². The topological polar surface area (TPSA) is 84.5 Å². The van der Waals surface area contributed by atoms with Gasteiger partial charge in [0.1, 0.15) is 0 Å². The number of benzene rings is 1. The Morgan fingerprint density at radius 2 is 1.58 bits per heavy atom. The van der Waals surface area contributed by atoms with Gasteiger partial charge in [-0.15, -0.1) is 0 Å². The highest BCUT2D eigenvalue weighted by atomic mass is 16.3. The molecule has 0 aliphatic carbocycles. The minimum Gasteiger partial charge on any atom is -0.504 e. The van der Waals surface area contributed by atoms with Crippen molar-refractivity contribution in [1.82, 2.24) is 0 Å². The fourth-order valence-electron chi connectivity index (χ4n) is 0.821. The van der Waals surface area contributed by atoms with E-state index in [1.54, 1.807) is 0 Å². The fraction of sp³-hybridized carbons (Fsp3) is 0.125. The van der Waals surface area contributed by atoms with Gasteiger partial charge >= 0.3 is 0 Å². The second kappa shape index (κ2) is 2.73. The van der Waals surface area contributed by atoms with E-state index in [4.69, 9.17) is 20.7 Å². The van der Waals surface area contributed by atoms with Crippen LogP contribution in [0.25, 0.3) is 0 Å². The minimum atomic E-state index is -0.556. The van der Waals surface area contributed by atoms with Crippen molar-refractivity contribution in [2.45, 2.75) is 6.92 Å². The Morgan fingerprint density at radius 3 is 1.92 bits per heavy atom. The molecule has 12 heavy (non-hydrogen) atoms. The summed E-state index contributed by atoms with van der Waals surface area (Å²) in [6.45, 7) is 1.52. The summed E-state index contributed by atoms with van der Waals surface area (Å²) < 4.78 is 0. The maximum atomic E-state index is 9.02. The van der Waals surface area contributed by atoms with Crippen LogP contribution in [0.3, 0.4) is 0 Å². The van der Waals surface area contributed by atoms with Crippen molar-refractivity contribution in [1.29, 1.82) is 5.41 Å². The van der Waals surface area contributed by atoms with Crippen LogP contribution in [0.5, 0.6) is 17.2 Å². The summed E-state index contributed by atoms with van der Waals surface area (Å²) >= 11 is 0. The summed E-state index contributed by atoms with van der Waals surface area (Å²) in [7, 11) is 0.